The second kappa shape index (κ2) is 7.30. The van der Waals surface area contributed by atoms with Gasteiger partial charge in [0.1, 0.15) is 5.75 Å². The van der Waals surface area contributed by atoms with Crippen molar-refractivity contribution in [1.29, 1.82) is 0 Å². The summed E-state index contributed by atoms with van der Waals surface area (Å²) in [7, 11) is 3.88. The van der Waals surface area contributed by atoms with Gasteiger partial charge >= 0.3 is 0 Å². The van der Waals surface area contributed by atoms with Crippen molar-refractivity contribution in [2.24, 2.45) is 5.73 Å². The first-order chi connectivity index (χ1) is 9.72. The number of hydrogen-bond acceptors (Lipinski definition) is 4. The van der Waals surface area contributed by atoms with Gasteiger partial charge in [-0.05, 0) is 25.2 Å². The van der Waals surface area contributed by atoms with E-state index in [0.717, 1.165) is 44.0 Å². The number of hydrogen-bond donors (Lipinski definition) is 1. The second-order valence-electron chi connectivity index (χ2n) is 5.11. The molecule has 0 amide bonds. The zero-order valence-electron chi connectivity index (χ0n) is 12.4. The van der Waals surface area contributed by atoms with Crippen LogP contribution in [0.3, 0.4) is 0 Å². The van der Waals surface area contributed by atoms with Crippen molar-refractivity contribution in [2.45, 2.75) is 6.54 Å². The van der Waals surface area contributed by atoms with E-state index in [1.807, 2.05) is 12.1 Å². The molecule has 0 saturated carbocycles. The predicted molar refractivity (Wildman–Crippen MR) is 81.7 cm³/mol. The summed E-state index contributed by atoms with van der Waals surface area (Å²) in [5, 5.41) is 0. The minimum atomic E-state index is 0.389. The smallest absolute Gasteiger partial charge is 0.123 e. The number of rotatable bonds is 3. The Bertz CT molecular complexity index is 496. The monoisotopic (exact) mass is 273 g/mol. The van der Waals surface area contributed by atoms with E-state index in [-0.39, 0.29) is 0 Å². The molecule has 1 heterocycles. The Hall–Kier alpha value is -1.54. The molecule has 0 spiro atoms. The first-order valence-corrected chi connectivity index (χ1v) is 6.99. The lowest BCUT2D eigenvalue weighted by atomic mass is 10.1. The lowest BCUT2D eigenvalue weighted by molar-refractivity contribution is 0.147. The molecule has 4 nitrogen and oxygen atoms in total. The first kappa shape index (κ1) is 14.9. The topological polar surface area (TPSA) is 41.7 Å². The van der Waals surface area contributed by atoms with Crippen molar-refractivity contribution in [3.63, 3.8) is 0 Å². The van der Waals surface area contributed by atoms with Crippen LogP contribution in [0.2, 0.25) is 0 Å². The summed E-state index contributed by atoms with van der Waals surface area (Å²) in [5.41, 5.74) is 7.62. The Kier molecular flexibility index (Phi) is 5.42. The molecule has 0 aromatic heterocycles. The highest BCUT2D eigenvalue weighted by atomic mass is 16.5. The number of nitrogens with zero attached hydrogens (tertiary/aromatic N) is 2. The summed E-state index contributed by atoms with van der Waals surface area (Å²) in [5.74, 6) is 6.91. The van der Waals surface area contributed by atoms with Crippen LogP contribution in [-0.2, 0) is 6.54 Å². The normalized spacial score (nSPS) is 16.6. The highest BCUT2D eigenvalue weighted by Crippen LogP contribution is 2.22. The fraction of sp³-hybridized carbons (Fsp3) is 0.500. The third kappa shape index (κ3) is 3.97. The van der Waals surface area contributed by atoms with Crippen LogP contribution in [0.5, 0.6) is 5.75 Å². The molecule has 1 aromatic rings. The lowest BCUT2D eigenvalue weighted by Crippen LogP contribution is -2.43. The zero-order chi connectivity index (χ0) is 14.4. The van der Waals surface area contributed by atoms with Crippen molar-refractivity contribution in [2.75, 3.05) is 46.9 Å². The fourth-order valence-electron chi connectivity index (χ4n) is 2.38. The summed E-state index contributed by atoms with van der Waals surface area (Å²) < 4.78 is 5.46. The number of piperazine rings is 1. The molecule has 1 aliphatic rings. The van der Waals surface area contributed by atoms with Crippen molar-refractivity contribution < 1.29 is 4.74 Å². The van der Waals surface area contributed by atoms with Gasteiger partial charge in [0, 0.05) is 43.9 Å². The molecule has 0 unspecified atom stereocenters. The van der Waals surface area contributed by atoms with Crippen molar-refractivity contribution >= 4 is 0 Å². The van der Waals surface area contributed by atoms with Crippen molar-refractivity contribution in [1.82, 2.24) is 9.80 Å². The van der Waals surface area contributed by atoms with Crippen LogP contribution in [0, 0.1) is 11.8 Å². The maximum atomic E-state index is 5.46. The van der Waals surface area contributed by atoms with Crippen molar-refractivity contribution in [3.8, 4) is 17.6 Å². The van der Waals surface area contributed by atoms with Gasteiger partial charge in [-0.15, -0.1) is 0 Å². The molecular weight excluding hydrogens is 250 g/mol. The van der Waals surface area contributed by atoms with E-state index in [1.165, 1.54) is 5.56 Å². The molecule has 0 aliphatic carbocycles. The van der Waals surface area contributed by atoms with Crippen LogP contribution in [0.15, 0.2) is 18.2 Å². The molecule has 1 aromatic carbocycles. The minimum absolute atomic E-state index is 0.389. The van der Waals surface area contributed by atoms with E-state index in [4.69, 9.17) is 10.5 Å². The van der Waals surface area contributed by atoms with Gasteiger partial charge in [0.15, 0.2) is 0 Å². The number of nitrogens with two attached hydrogens (primary N) is 1. The van der Waals surface area contributed by atoms with E-state index < -0.39 is 0 Å². The lowest BCUT2D eigenvalue weighted by Gasteiger charge is -2.32. The molecule has 108 valence electrons. The van der Waals surface area contributed by atoms with Crippen LogP contribution >= 0.6 is 0 Å². The summed E-state index contributed by atoms with van der Waals surface area (Å²) in [6, 6.07) is 6.08. The molecule has 1 aliphatic heterocycles. The third-order valence-electron chi connectivity index (χ3n) is 3.61. The van der Waals surface area contributed by atoms with E-state index in [2.05, 4.69) is 34.8 Å². The van der Waals surface area contributed by atoms with Crippen LogP contribution in [0.4, 0.5) is 0 Å². The quantitative estimate of drug-likeness (QED) is 0.825. The zero-order valence-corrected chi connectivity index (χ0v) is 12.4. The van der Waals surface area contributed by atoms with Gasteiger partial charge < -0.3 is 15.4 Å². The number of ether oxygens (including phenoxy) is 1. The van der Waals surface area contributed by atoms with Crippen LogP contribution in [-0.4, -0.2) is 56.7 Å². The molecule has 0 atom stereocenters. The Morgan fingerprint density at radius 2 is 2.00 bits per heavy atom. The maximum absolute atomic E-state index is 5.46. The van der Waals surface area contributed by atoms with Gasteiger partial charge in [0.05, 0.1) is 13.7 Å². The van der Waals surface area contributed by atoms with Gasteiger partial charge in [-0.25, -0.2) is 0 Å². The van der Waals surface area contributed by atoms with Gasteiger partial charge in [-0.3, -0.25) is 4.90 Å². The van der Waals surface area contributed by atoms with Crippen molar-refractivity contribution in [3.05, 3.63) is 29.3 Å². The van der Waals surface area contributed by atoms with Crippen LogP contribution in [0.25, 0.3) is 0 Å². The van der Waals surface area contributed by atoms with Gasteiger partial charge in [0.25, 0.3) is 0 Å². The van der Waals surface area contributed by atoms with E-state index in [1.54, 1.807) is 7.11 Å². The SMILES string of the molecule is COc1ccc(C#CCN)cc1CN1CCN(C)CC1. The van der Waals surface area contributed by atoms with Crippen LogP contribution < -0.4 is 10.5 Å². The van der Waals surface area contributed by atoms with E-state index in [0.29, 0.717) is 6.54 Å². The Balaban J connectivity index is 2.11. The molecule has 0 radical (unpaired) electrons. The molecular formula is C16H23N3O. The second-order valence-corrected chi connectivity index (χ2v) is 5.11. The van der Waals surface area contributed by atoms with Gasteiger partial charge in [-0.1, -0.05) is 11.8 Å². The maximum Gasteiger partial charge on any atom is 0.123 e. The largest absolute Gasteiger partial charge is 0.496 e. The van der Waals surface area contributed by atoms with Gasteiger partial charge in [0.2, 0.25) is 0 Å². The first-order valence-electron chi connectivity index (χ1n) is 6.99. The number of benzene rings is 1. The summed E-state index contributed by atoms with van der Waals surface area (Å²) in [6.45, 7) is 5.73. The highest BCUT2D eigenvalue weighted by Gasteiger charge is 2.15. The molecule has 1 saturated heterocycles. The van der Waals surface area contributed by atoms with Gasteiger partial charge in [-0.2, -0.15) is 0 Å². The molecule has 0 bridgehead atoms. The number of methoxy groups -OCH3 is 1. The molecule has 2 N–H and O–H groups in total. The molecule has 4 heteroatoms. The summed E-state index contributed by atoms with van der Waals surface area (Å²) >= 11 is 0. The Morgan fingerprint density at radius 1 is 1.25 bits per heavy atom. The summed E-state index contributed by atoms with van der Waals surface area (Å²) in [4.78, 5) is 4.81. The Morgan fingerprint density at radius 3 is 2.65 bits per heavy atom. The molecule has 2 rings (SSSR count). The molecule has 1 fully saturated rings. The Labute approximate surface area is 121 Å². The average Bonchev–Trinajstić information content (AvgIpc) is 2.48. The standard InChI is InChI=1S/C16H23N3O/c1-18-8-10-19(11-9-18)13-15-12-14(4-3-7-17)5-6-16(15)20-2/h5-6,12H,7-11,13,17H2,1-2H3. The average molecular weight is 273 g/mol. The van der Waals surface area contributed by atoms with Crippen LogP contribution in [0.1, 0.15) is 11.1 Å². The molecule has 20 heavy (non-hydrogen) atoms. The predicted octanol–water partition coefficient (Wildman–Crippen LogP) is 0.753. The minimum Gasteiger partial charge on any atom is -0.496 e. The van der Waals surface area contributed by atoms with E-state index in [9.17, 15) is 0 Å². The third-order valence-corrected chi connectivity index (χ3v) is 3.61. The number of likely N-dealkylation sites (N-methyl/N-ethyl adjacent to an activating group) is 1. The van der Waals surface area contributed by atoms with E-state index >= 15 is 0 Å². The highest BCUT2D eigenvalue weighted by molar-refractivity contribution is 5.44. The summed E-state index contributed by atoms with van der Waals surface area (Å²) in [6.07, 6.45) is 0. The fourth-order valence-corrected chi connectivity index (χ4v) is 2.38.